The van der Waals surface area contributed by atoms with E-state index in [1.807, 2.05) is 48.7 Å². The molecule has 0 fully saturated rings. The number of rotatable bonds is 12. The normalized spacial score (nSPS) is 12.1. The van der Waals surface area contributed by atoms with Crippen LogP contribution in [-0.4, -0.2) is 38.9 Å². The topological polar surface area (TPSA) is 138 Å². The van der Waals surface area contributed by atoms with E-state index in [1.165, 1.54) is 36.4 Å². The van der Waals surface area contributed by atoms with Crippen molar-refractivity contribution >= 4 is 17.6 Å². The molecule has 4 aromatic rings. The van der Waals surface area contributed by atoms with Gasteiger partial charge in [-0.25, -0.2) is 4.39 Å². The summed E-state index contributed by atoms with van der Waals surface area (Å²) >= 11 is 0. The van der Waals surface area contributed by atoms with E-state index in [1.54, 1.807) is 12.1 Å². The van der Waals surface area contributed by atoms with E-state index in [4.69, 9.17) is 0 Å². The molecular formula is C33H33FN2Na2O6. The number of aliphatic hydroxyl groups excluding tert-OH is 2. The largest absolute Gasteiger partial charge is 1.00 e. The average molecular weight is 619 g/mol. The number of aliphatic hydroxyl groups is 2. The number of hydrogen-bond donors (Lipinski definition) is 3. The van der Waals surface area contributed by atoms with Gasteiger partial charge in [-0.3, -0.25) is 4.79 Å². The van der Waals surface area contributed by atoms with Crippen LogP contribution in [0, 0.1) is 5.82 Å². The fourth-order valence-corrected chi connectivity index (χ4v) is 5.21. The number of nitrogens with one attached hydrogen (secondary N) is 1. The van der Waals surface area contributed by atoms with Crippen LogP contribution in [0.4, 0.5) is 10.1 Å². The second kappa shape index (κ2) is 17.3. The van der Waals surface area contributed by atoms with Crippen molar-refractivity contribution in [3.8, 4) is 28.1 Å². The van der Waals surface area contributed by atoms with Gasteiger partial charge < -0.3 is 35.1 Å². The van der Waals surface area contributed by atoms with Gasteiger partial charge >= 0.3 is 59.1 Å². The van der Waals surface area contributed by atoms with Crippen molar-refractivity contribution in [2.45, 2.75) is 57.8 Å². The molecule has 1 aromatic heterocycles. The first kappa shape index (κ1) is 37.7. The zero-order valence-corrected chi connectivity index (χ0v) is 29.4. The van der Waals surface area contributed by atoms with Gasteiger partial charge in [0.05, 0.1) is 23.5 Å². The molecule has 2 atom stereocenters. The van der Waals surface area contributed by atoms with Gasteiger partial charge in [0.15, 0.2) is 0 Å². The molecule has 0 saturated heterocycles. The van der Waals surface area contributed by atoms with E-state index in [0.29, 0.717) is 33.8 Å². The van der Waals surface area contributed by atoms with E-state index in [9.17, 15) is 34.4 Å². The van der Waals surface area contributed by atoms with Gasteiger partial charge in [-0.15, -0.1) is 5.75 Å². The first-order valence-corrected chi connectivity index (χ1v) is 13.8. The van der Waals surface area contributed by atoms with Gasteiger partial charge in [-0.1, -0.05) is 56.3 Å². The maximum Gasteiger partial charge on any atom is 1.00 e. The maximum absolute atomic E-state index is 14.0. The summed E-state index contributed by atoms with van der Waals surface area (Å²) in [7, 11) is 0. The molecule has 0 aliphatic carbocycles. The first-order valence-electron chi connectivity index (χ1n) is 13.8. The van der Waals surface area contributed by atoms with Gasteiger partial charge in [0.1, 0.15) is 5.82 Å². The predicted octanol–water partition coefficient (Wildman–Crippen LogP) is -1.94. The number of amides is 1. The molecule has 44 heavy (non-hydrogen) atoms. The second-order valence-corrected chi connectivity index (χ2v) is 10.5. The van der Waals surface area contributed by atoms with Crippen LogP contribution < -0.4 is 74.6 Å². The summed E-state index contributed by atoms with van der Waals surface area (Å²) in [6.07, 6.45) is -2.91. The Morgan fingerprint density at radius 2 is 1.50 bits per heavy atom. The van der Waals surface area contributed by atoms with Crippen LogP contribution in [0.15, 0.2) is 78.9 Å². The summed E-state index contributed by atoms with van der Waals surface area (Å²) in [4.78, 5) is 24.9. The van der Waals surface area contributed by atoms with Crippen LogP contribution in [0.1, 0.15) is 55.1 Å². The fourth-order valence-electron chi connectivity index (χ4n) is 5.21. The smallest absolute Gasteiger partial charge is 0.872 e. The first-order chi connectivity index (χ1) is 20.0. The Morgan fingerprint density at radius 3 is 2.07 bits per heavy atom. The molecule has 4 rings (SSSR count). The number of carboxylic acid groups (broad SMARTS) is 1. The van der Waals surface area contributed by atoms with Crippen LogP contribution in [-0.2, 0) is 11.3 Å². The van der Waals surface area contributed by atoms with Gasteiger partial charge in [0.2, 0.25) is 0 Å². The van der Waals surface area contributed by atoms with E-state index >= 15 is 0 Å². The number of anilines is 1. The molecule has 3 N–H and O–H groups in total. The van der Waals surface area contributed by atoms with Gasteiger partial charge in [-0.2, -0.15) is 0 Å². The molecule has 3 aromatic carbocycles. The Labute approximate surface area is 300 Å². The third-order valence-corrected chi connectivity index (χ3v) is 7.00. The van der Waals surface area contributed by atoms with Crippen LogP contribution in [0.3, 0.4) is 0 Å². The number of benzene rings is 3. The van der Waals surface area contributed by atoms with Crippen molar-refractivity contribution < 1.29 is 93.5 Å². The molecule has 0 bridgehead atoms. The van der Waals surface area contributed by atoms with Crippen molar-refractivity contribution in [1.82, 2.24) is 4.57 Å². The molecule has 1 amide bonds. The number of halogens is 1. The van der Waals surface area contributed by atoms with Crippen LogP contribution >= 0.6 is 0 Å². The molecule has 0 aliphatic rings. The Balaban J connectivity index is 0.00000337. The minimum atomic E-state index is -1.41. The number of hydrogen-bond acceptors (Lipinski definition) is 6. The summed E-state index contributed by atoms with van der Waals surface area (Å²) < 4.78 is 15.9. The van der Waals surface area contributed by atoms with E-state index in [-0.39, 0.29) is 90.2 Å². The second-order valence-electron chi connectivity index (χ2n) is 10.5. The standard InChI is InChI=1S/C33H35FN2O6.2Na/c1-20(2)31-30(33(42)35-24-12-14-25(37)15-13-24)29(21-6-4-3-5-7-21)32(22-8-10-23(34)11-9-22)36(31)17-16-26(38)18-27(39)19-28(40)41;;/h3-15,20,26-27,37-39H,16-19H2,1-2H3,(H,35,42)(H,40,41);;/q;2*+1/p-2. The van der Waals surface area contributed by atoms with Gasteiger partial charge in [0.25, 0.3) is 5.91 Å². The third-order valence-electron chi connectivity index (χ3n) is 7.00. The molecule has 11 heteroatoms. The van der Waals surface area contributed by atoms with E-state index < -0.39 is 36.3 Å². The number of carboxylic acids is 1. The average Bonchev–Trinajstić information content (AvgIpc) is 3.29. The SMILES string of the molecule is CC(C)c1c(C(=O)Nc2ccc([O-])cc2)c(-c2ccccc2)c(-c2ccc(F)cc2)n1CCC(O)CC(O)CC(=O)[O-].[Na+].[Na+]. The maximum atomic E-state index is 14.0. The van der Waals surface area contributed by atoms with Crippen molar-refractivity contribution in [2.75, 3.05) is 5.32 Å². The van der Waals surface area contributed by atoms with Crippen LogP contribution in [0.5, 0.6) is 5.75 Å². The minimum Gasteiger partial charge on any atom is -0.872 e. The molecule has 0 radical (unpaired) electrons. The van der Waals surface area contributed by atoms with Crippen molar-refractivity contribution in [1.29, 1.82) is 0 Å². The van der Waals surface area contributed by atoms with Crippen molar-refractivity contribution in [2.24, 2.45) is 0 Å². The summed E-state index contributed by atoms with van der Waals surface area (Å²) in [6, 6.07) is 21.1. The summed E-state index contributed by atoms with van der Waals surface area (Å²) in [5, 5.41) is 46.1. The third kappa shape index (κ3) is 9.52. The Bertz CT molecular complexity index is 1530. The van der Waals surface area contributed by atoms with Gasteiger partial charge in [-0.05, 0) is 66.3 Å². The molecule has 0 saturated carbocycles. The Morgan fingerprint density at radius 1 is 0.886 bits per heavy atom. The molecule has 2 unspecified atom stereocenters. The van der Waals surface area contributed by atoms with E-state index in [0.717, 1.165) is 5.56 Å². The van der Waals surface area contributed by atoms with E-state index in [2.05, 4.69) is 5.32 Å². The summed E-state index contributed by atoms with van der Waals surface area (Å²) in [6.45, 7) is 4.10. The fraction of sp³-hybridized carbons (Fsp3) is 0.273. The Hall–Kier alpha value is -2.47. The quantitative estimate of drug-likeness (QED) is 0.158. The number of nitrogens with zero attached hydrogens (tertiary/aromatic N) is 1. The van der Waals surface area contributed by atoms with Crippen LogP contribution in [0.25, 0.3) is 22.4 Å². The molecule has 0 aliphatic heterocycles. The summed E-state index contributed by atoms with van der Waals surface area (Å²) in [5.41, 5.74) is 4.19. The zero-order valence-electron chi connectivity index (χ0n) is 25.4. The Kier molecular flexibility index (Phi) is 14.8. The zero-order chi connectivity index (χ0) is 30.4. The summed E-state index contributed by atoms with van der Waals surface area (Å²) in [5.74, 6) is -2.59. The number of aromatic nitrogens is 1. The van der Waals surface area contributed by atoms with Gasteiger partial charge in [0, 0.05) is 35.9 Å². The molecule has 0 spiro atoms. The molecule has 220 valence electrons. The minimum absolute atomic E-state index is 0. The predicted molar refractivity (Wildman–Crippen MR) is 154 cm³/mol. The van der Waals surface area contributed by atoms with Crippen molar-refractivity contribution in [3.05, 3.63) is 95.9 Å². The number of carbonyl (C=O) groups excluding carboxylic acids is 2. The van der Waals surface area contributed by atoms with Crippen LogP contribution in [0.2, 0.25) is 0 Å². The molecule has 8 nitrogen and oxygen atoms in total. The molecular weight excluding hydrogens is 585 g/mol. The number of carbonyl (C=O) groups is 2. The van der Waals surface area contributed by atoms with Crippen molar-refractivity contribution in [3.63, 3.8) is 0 Å². The monoisotopic (exact) mass is 618 g/mol. The molecule has 1 heterocycles. The number of aliphatic carboxylic acids is 1.